The van der Waals surface area contributed by atoms with Crippen molar-refractivity contribution in [3.8, 4) is 17.2 Å². The second-order valence-electron chi connectivity index (χ2n) is 9.25. The molecular formula is C30H28F2N4O5. The molecule has 3 aromatic rings. The lowest BCUT2D eigenvalue weighted by atomic mass is 10.1. The summed E-state index contributed by atoms with van der Waals surface area (Å²) in [6, 6.07) is 18.6. The molecule has 5 rings (SSSR count). The van der Waals surface area contributed by atoms with Crippen molar-refractivity contribution >= 4 is 23.2 Å². The summed E-state index contributed by atoms with van der Waals surface area (Å²) in [6.07, 6.45) is 0.665. The van der Waals surface area contributed by atoms with Crippen molar-refractivity contribution in [2.24, 2.45) is 0 Å². The maximum Gasteiger partial charge on any atom is 0.586 e. The quantitative estimate of drug-likeness (QED) is 0.289. The molecule has 2 aliphatic rings. The first-order chi connectivity index (χ1) is 19.8. The van der Waals surface area contributed by atoms with Crippen LogP contribution < -0.4 is 35.5 Å². The summed E-state index contributed by atoms with van der Waals surface area (Å²) in [4.78, 5) is 25.7. The molecule has 0 unspecified atom stereocenters. The van der Waals surface area contributed by atoms with Gasteiger partial charge in [0, 0.05) is 37.1 Å². The number of nitrogens with one attached hydrogen (secondary N) is 4. The van der Waals surface area contributed by atoms with Gasteiger partial charge in [-0.15, -0.1) is 8.78 Å². The second-order valence-corrected chi connectivity index (χ2v) is 9.25. The average Bonchev–Trinajstić information content (AvgIpc) is 3.29. The Bertz CT molecular complexity index is 1500. The zero-order valence-electron chi connectivity index (χ0n) is 22.1. The molecule has 0 saturated heterocycles. The first-order valence-corrected chi connectivity index (χ1v) is 12.9. The fourth-order valence-electron chi connectivity index (χ4n) is 4.32. The molecule has 0 bridgehead atoms. The van der Waals surface area contributed by atoms with Crippen molar-refractivity contribution in [3.05, 3.63) is 101 Å². The van der Waals surface area contributed by atoms with E-state index in [0.717, 1.165) is 16.9 Å². The molecule has 0 radical (unpaired) electrons. The third kappa shape index (κ3) is 6.93. The van der Waals surface area contributed by atoms with Gasteiger partial charge in [0.1, 0.15) is 11.4 Å². The number of amides is 2. The monoisotopic (exact) mass is 562 g/mol. The summed E-state index contributed by atoms with van der Waals surface area (Å²) in [7, 11) is 1.62. The Labute approximate surface area is 235 Å². The van der Waals surface area contributed by atoms with Gasteiger partial charge in [-0.25, -0.2) is 0 Å². The topological polar surface area (TPSA) is 110 Å². The molecular weight excluding hydrogens is 534 g/mol. The van der Waals surface area contributed by atoms with E-state index in [4.69, 9.17) is 4.74 Å². The molecule has 0 saturated carbocycles. The highest BCUT2D eigenvalue weighted by Crippen LogP contribution is 2.42. The molecule has 0 aliphatic carbocycles. The number of fused-ring (bicyclic) bond motifs is 1. The zero-order valence-corrected chi connectivity index (χ0v) is 22.1. The number of carbonyl (C=O) groups is 2. The van der Waals surface area contributed by atoms with Crippen LogP contribution in [0.2, 0.25) is 0 Å². The van der Waals surface area contributed by atoms with Gasteiger partial charge in [0.2, 0.25) is 0 Å². The zero-order chi connectivity index (χ0) is 28.8. The molecule has 2 aliphatic heterocycles. The molecule has 0 fully saturated rings. The predicted octanol–water partition coefficient (Wildman–Crippen LogP) is 4.45. The van der Waals surface area contributed by atoms with Crippen molar-refractivity contribution < 1.29 is 32.6 Å². The molecule has 2 heterocycles. The number of rotatable bonds is 10. The number of para-hydroxylation sites is 1. The van der Waals surface area contributed by atoms with Crippen molar-refractivity contribution in [2.45, 2.75) is 12.7 Å². The van der Waals surface area contributed by atoms with Crippen LogP contribution in [0.25, 0.3) is 0 Å². The molecule has 0 aromatic heterocycles. The van der Waals surface area contributed by atoms with Gasteiger partial charge in [-0.05, 0) is 60.0 Å². The van der Waals surface area contributed by atoms with Crippen LogP contribution in [0.3, 0.4) is 0 Å². The standard InChI is InChI=1S/C30H28F2N4O5/c1-39-22-9-6-19(7-10-22)12-15-34-29(38)25-16-20(13-14-33-25)18-35-24-5-3-2-4-23(24)28(37)36-21-8-11-26-27(17-21)41-30(31,32)40-26/h2-11,13,16-17,33,35H,12,14-15,18H2,1H3,(H,34,38)(H,36,37). The van der Waals surface area contributed by atoms with Crippen LogP contribution >= 0.6 is 0 Å². The van der Waals surface area contributed by atoms with E-state index in [2.05, 4.69) is 30.7 Å². The van der Waals surface area contributed by atoms with Crippen molar-refractivity contribution in [1.82, 2.24) is 10.6 Å². The van der Waals surface area contributed by atoms with Crippen LogP contribution in [0.1, 0.15) is 15.9 Å². The van der Waals surface area contributed by atoms with E-state index in [9.17, 15) is 18.4 Å². The largest absolute Gasteiger partial charge is 0.586 e. The number of methoxy groups -OCH3 is 1. The minimum Gasteiger partial charge on any atom is -0.497 e. The summed E-state index contributed by atoms with van der Waals surface area (Å²) in [5, 5.41) is 12.0. The summed E-state index contributed by atoms with van der Waals surface area (Å²) in [6.45, 7) is 1.34. The third-order valence-corrected chi connectivity index (χ3v) is 6.40. The van der Waals surface area contributed by atoms with Crippen molar-refractivity contribution in [1.29, 1.82) is 0 Å². The predicted molar refractivity (Wildman–Crippen MR) is 149 cm³/mol. The van der Waals surface area contributed by atoms with Gasteiger partial charge >= 0.3 is 6.29 Å². The molecule has 41 heavy (non-hydrogen) atoms. The number of dihydropyridines is 1. The SMILES string of the molecule is COc1ccc(CCNC(=O)C2=CC(CNc3ccccc3C(=O)Nc3ccc4c(c3)OC(F)(F)O4)=CCN2)cc1. The number of hydrogen-bond donors (Lipinski definition) is 4. The summed E-state index contributed by atoms with van der Waals surface area (Å²) in [5.41, 5.74) is 3.61. The first kappa shape index (κ1) is 27.5. The molecule has 0 spiro atoms. The molecule has 212 valence electrons. The van der Waals surface area contributed by atoms with E-state index in [1.807, 2.05) is 30.3 Å². The van der Waals surface area contributed by atoms with Gasteiger partial charge in [-0.2, -0.15) is 0 Å². The van der Waals surface area contributed by atoms with Gasteiger partial charge < -0.3 is 35.5 Å². The first-order valence-electron chi connectivity index (χ1n) is 12.9. The molecule has 0 atom stereocenters. The Morgan fingerprint density at radius 2 is 1.78 bits per heavy atom. The van der Waals surface area contributed by atoms with Crippen LogP contribution in [0.5, 0.6) is 17.2 Å². The second kappa shape index (κ2) is 12.0. The fourth-order valence-corrected chi connectivity index (χ4v) is 4.32. The van der Waals surface area contributed by atoms with Gasteiger partial charge in [-0.3, -0.25) is 9.59 Å². The minimum atomic E-state index is -3.74. The average molecular weight is 563 g/mol. The van der Waals surface area contributed by atoms with E-state index < -0.39 is 12.2 Å². The number of hydrogen-bond acceptors (Lipinski definition) is 7. The number of ether oxygens (including phenoxy) is 3. The number of carbonyl (C=O) groups excluding carboxylic acids is 2. The summed E-state index contributed by atoms with van der Waals surface area (Å²) < 4.78 is 40.7. The maximum atomic E-state index is 13.3. The molecule has 3 aromatic carbocycles. The Hall–Kier alpha value is -5.06. The number of anilines is 2. The third-order valence-electron chi connectivity index (χ3n) is 6.40. The van der Waals surface area contributed by atoms with E-state index in [1.165, 1.54) is 18.2 Å². The highest BCUT2D eigenvalue weighted by molar-refractivity contribution is 6.08. The molecule has 9 nitrogen and oxygen atoms in total. The van der Waals surface area contributed by atoms with E-state index in [1.54, 1.807) is 37.5 Å². The summed E-state index contributed by atoms with van der Waals surface area (Å²) >= 11 is 0. The maximum absolute atomic E-state index is 13.3. The minimum absolute atomic E-state index is 0.108. The van der Waals surface area contributed by atoms with Crippen LogP contribution in [0.4, 0.5) is 20.2 Å². The Morgan fingerprint density at radius 3 is 2.59 bits per heavy atom. The smallest absolute Gasteiger partial charge is 0.497 e. The lowest BCUT2D eigenvalue weighted by Crippen LogP contribution is -2.34. The van der Waals surface area contributed by atoms with Crippen LogP contribution in [-0.4, -0.2) is 44.9 Å². The highest BCUT2D eigenvalue weighted by atomic mass is 19.3. The number of alkyl halides is 2. The fraction of sp³-hybridized carbons (Fsp3) is 0.200. The Balaban J connectivity index is 1.16. The Morgan fingerprint density at radius 1 is 1.00 bits per heavy atom. The van der Waals surface area contributed by atoms with E-state index in [-0.39, 0.29) is 23.1 Å². The number of halogens is 2. The van der Waals surface area contributed by atoms with Gasteiger partial charge in [-0.1, -0.05) is 30.3 Å². The van der Waals surface area contributed by atoms with Gasteiger partial charge in [0.05, 0.1) is 12.7 Å². The van der Waals surface area contributed by atoms with E-state index in [0.29, 0.717) is 43.0 Å². The lowest BCUT2D eigenvalue weighted by Gasteiger charge is -2.18. The summed E-state index contributed by atoms with van der Waals surface area (Å²) in [5.74, 6) is -0.131. The van der Waals surface area contributed by atoms with E-state index >= 15 is 0 Å². The van der Waals surface area contributed by atoms with Crippen LogP contribution in [0, 0.1) is 0 Å². The molecule has 2 amide bonds. The van der Waals surface area contributed by atoms with Crippen molar-refractivity contribution in [3.63, 3.8) is 0 Å². The van der Waals surface area contributed by atoms with Crippen LogP contribution in [-0.2, 0) is 11.2 Å². The lowest BCUT2D eigenvalue weighted by molar-refractivity contribution is -0.286. The van der Waals surface area contributed by atoms with Crippen LogP contribution in [0.15, 0.2) is 90.2 Å². The highest BCUT2D eigenvalue weighted by Gasteiger charge is 2.43. The van der Waals surface area contributed by atoms with Crippen molar-refractivity contribution in [2.75, 3.05) is 37.4 Å². The Kier molecular flexibility index (Phi) is 8.04. The molecule has 11 heteroatoms. The number of benzene rings is 3. The van der Waals surface area contributed by atoms with Gasteiger partial charge in [0.15, 0.2) is 11.5 Å². The van der Waals surface area contributed by atoms with Gasteiger partial charge in [0.25, 0.3) is 11.8 Å². The normalized spacial score (nSPS) is 14.7. The molecule has 4 N–H and O–H groups in total.